The third kappa shape index (κ3) is 5.40. The number of benzene rings is 10. The van der Waals surface area contributed by atoms with E-state index >= 15 is 0 Å². The molecule has 0 amide bonds. The smallest absolute Gasteiger partial charge is 0.0620 e. The number of aromatic nitrogens is 1. The Balaban J connectivity index is 1.20. The molecule has 2 nitrogen and oxygen atoms in total. The lowest BCUT2D eigenvalue weighted by Crippen LogP contribution is -2.10. The summed E-state index contributed by atoms with van der Waals surface area (Å²) in [4.78, 5) is 2.50. The predicted molar refractivity (Wildman–Crippen MR) is 254 cm³/mol. The van der Waals surface area contributed by atoms with Crippen molar-refractivity contribution in [3.63, 3.8) is 0 Å². The summed E-state index contributed by atoms with van der Waals surface area (Å²) in [6.45, 7) is 0. The zero-order valence-corrected chi connectivity index (χ0v) is 32.9. The Bertz CT molecular complexity index is 3490. The van der Waals surface area contributed by atoms with Gasteiger partial charge >= 0.3 is 0 Å². The van der Waals surface area contributed by atoms with Crippen LogP contribution >= 0.6 is 11.3 Å². The van der Waals surface area contributed by atoms with Crippen LogP contribution in [-0.4, -0.2) is 4.57 Å². The SMILES string of the molecule is c1ccc(-c2cc(-c3ccccc3)cc(-n3c4cccc(N(c5ccccc5)c5cccc6sc7c8ccccc8ccc7c56)c4c4ccc5ccccc5c43)c2)cc1. The van der Waals surface area contributed by atoms with Crippen molar-refractivity contribution in [3.8, 4) is 27.9 Å². The number of fused-ring (bicyclic) bond motifs is 10. The van der Waals surface area contributed by atoms with Gasteiger partial charge in [0.1, 0.15) is 0 Å². The lowest BCUT2D eigenvalue weighted by molar-refractivity contribution is 1.19. The van der Waals surface area contributed by atoms with E-state index in [2.05, 4.69) is 228 Å². The fourth-order valence-electron chi connectivity index (χ4n) is 9.30. The third-order valence-electron chi connectivity index (χ3n) is 11.9. The zero-order chi connectivity index (χ0) is 38.9. The zero-order valence-electron chi connectivity index (χ0n) is 32.1. The molecule has 10 aromatic carbocycles. The van der Waals surface area contributed by atoms with Crippen molar-refractivity contribution in [2.24, 2.45) is 0 Å². The fourth-order valence-corrected chi connectivity index (χ4v) is 10.6. The lowest BCUT2D eigenvalue weighted by Gasteiger charge is -2.27. The quantitative estimate of drug-likeness (QED) is 0.164. The normalized spacial score (nSPS) is 11.7. The molecular formula is C56H36N2S. The predicted octanol–water partition coefficient (Wildman–Crippen LogP) is 16.3. The summed E-state index contributed by atoms with van der Waals surface area (Å²) in [5, 5.41) is 10.00. The first-order valence-electron chi connectivity index (χ1n) is 20.2. The van der Waals surface area contributed by atoms with Gasteiger partial charge in [-0.2, -0.15) is 0 Å². The van der Waals surface area contributed by atoms with Crippen LogP contribution in [0, 0.1) is 0 Å². The number of hydrogen-bond donors (Lipinski definition) is 0. The van der Waals surface area contributed by atoms with Crippen molar-refractivity contribution < 1.29 is 0 Å². The van der Waals surface area contributed by atoms with Gasteiger partial charge in [-0.15, -0.1) is 11.3 Å². The molecule has 0 spiro atoms. The van der Waals surface area contributed by atoms with E-state index in [0.717, 1.165) is 22.6 Å². The molecule has 0 aliphatic carbocycles. The minimum atomic E-state index is 1.12. The average Bonchev–Trinajstić information content (AvgIpc) is 3.87. The summed E-state index contributed by atoms with van der Waals surface area (Å²) >= 11 is 1.89. The molecule has 2 heterocycles. The molecule has 0 saturated carbocycles. The molecule has 0 radical (unpaired) electrons. The molecular weight excluding hydrogens is 733 g/mol. The molecule has 12 rings (SSSR count). The van der Waals surface area contributed by atoms with Gasteiger partial charge in [0.2, 0.25) is 0 Å². The first-order chi connectivity index (χ1) is 29.3. The van der Waals surface area contributed by atoms with E-state index in [4.69, 9.17) is 0 Å². The van der Waals surface area contributed by atoms with Crippen LogP contribution in [0.15, 0.2) is 218 Å². The van der Waals surface area contributed by atoms with Gasteiger partial charge in [-0.05, 0) is 93.0 Å². The summed E-state index contributed by atoms with van der Waals surface area (Å²) in [5.74, 6) is 0. The van der Waals surface area contributed by atoms with E-state index in [9.17, 15) is 0 Å². The van der Waals surface area contributed by atoms with Crippen molar-refractivity contribution in [1.29, 1.82) is 0 Å². The van der Waals surface area contributed by atoms with Crippen LogP contribution in [0.25, 0.3) is 91.5 Å². The summed E-state index contributed by atoms with van der Waals surface area (Å²) in [5.41, 5.74) is 11.7. The Morgan fingerprint density at radius 2 is 0.932 bits per heavy atom. The maximum absolute atomic E-state index is 2.52. The number of nitrogens with zero attached hydrogens (tertiary/aromatic N) is 2. The van der Waals surface area contributed by atoms with Crippen molar-refractivity contribution in [2.75, 3.05) is 4.90 Å². The first-order valence-corrected chi connectivity index (χ1v) is 21.0. The summed E-state index contributed by atoms with van der Waals surface area (Å²) in [7, 11) is 0. The minimum absolute atomic E-state index is 1.12. The van der Waals surface area contributed by atoms with E-state index in [1.165, 1.54) is 85.9 Å². The number of para-hydroxylation sites is 1. The second-order valence-electron chi connectivity index (χ2n) is 15.3. The van der Waals surface area contributed by atoms with Crippen LogP contribution in [-0.2, 0) is 0 Å². The largest absolute Gasteiger partial charge is 0.309 e. The molecule has 3 heteroatoms. The van der Waals surface area contributed by atoms with Gasteiger partial charge in [-0.1, -0.05) is 164 Å². The summed E-state index contributed by atoms with van der Waals surface area (Å²) < 4.78 is 5.12. The highest BCUT2D eigenvalue weighted by Gasteiger charge is 2.25. The van der Waals surface area contributed by atoms with Crippen LogP contribution < -0.4 is 4.90 Å². The molecule has 0 fully saturated rings. The topological polar surface area (TPSA) is 8.17 Å². The van der Waals surface area contributed by atoms with E-state index in [0.29, 0.717) is 0 Å². The number of anilines is 3. The van der Waals surface area contributed by atoms with Crippen LogP contribution in [0.3, 0.4) is 0 Å². The van der Waals surface area contributed by atoms with Crippen LogP contribution in [0.1, 0.15) is 0 Å². The molecule has 59 heavy (non-hydrogen) atoms. The highest BCUT2D eigenvalue weighted by Crippen LogP contribution is 2.50. The maximum Gasteiger partial charge on any atom is 0.0620 e. The van der Waals surface area contributed by atoms with Crippen LogP contribution in [0.5, 0.6) is 0 Å². The van der Waals surface area contributed by atoms with Gasteiger partial charge in [0, 0.05) is 47.7 Å². The number of thiophene rings is 1. The number of hydrogen-bond acceptors (Lipinski definition) is 2. The Kier molecular flexibility index (Phi) is 7.75. The molecule has 276 valence electrons. The molecule has 12 aromatic rings. The Hall–Kier alpha value is -7.46. The number of rotatable bonds is 6. The highest BCUT2D eigenvalue weighted by atomic mass is 32.1. The molecule has 0 unspecified atom stereocenters. The average molecular weight is 769 g/mol. The molecule has 0 aliphatic heterocycles. The van der Waals surface area contributed by atoms with Crippen LogP contribution in [0.4, 0.5) is 17.1 Å². The van der Waals surface area contributed by atoms with Gasteiger partial charge in [0.15, 0.2) is 0 Å². The second-order valence-corrected chi connectivity index (χ2v) is 16.3. The Morgan fingerprint density at radius 3 is 1.63 bits per heavy atom. The van der Waals surface area contributed by atoms with E-state index in [-0.39, 0.29) is 0 Å². The van der Waals surface area contributed by atoms with Crippen LogP contribution in [0.2, 0.25) is 0 Å². The van der Waals surface area contributed by atoms with Gasteiger partial charge in [-0.3, -0.25) is 0 Å². The van der Waals surface area contributed by atoms with E-state index < -0.39 is 0 Å². The fraction of sp³-hybridized carbons (Fsp3) is 0. The molecule has 0 N–H and O–H groups in total. The van der Waals surface area contributed by atoms with Crippen molar-refractivity contribution in [3.05, 3.63) is 218 Å². The van der Waals surface area contributed by atoms with Crippen molar-refractivity contribution >= 4 is 91.9 Å². The molecule has 0 bridgehead atoms. The minimum Gasteiger partial charge on any atom is -0.309 e. The van der Waals surface area contributed by atoms with Gasteiger partial charge in [0.05, 0.1) is 22.4 Å². The molecule has 2 aromatic heterocycles. The van der Waals surface area contributed by atoms with Crippen molar-refractivity contribution in [1.82, 2.24) is 4.57 Å². The summed E-state index contributed by atoms with van der Waals surface area (Å²) in [6.07, 6.45) is 0. The Labute approximate surface area is 346 Å². The van der Waals surface area contributed by atoms with Crippen molar-refractivity contribution in [2.45, 2.75) is 0 Å². The lowest BCUT2D eigenvalue weighted by atomic mass is 9.98. The van der Waals surface area contributed by atoms with E-state index in [1.54, 1.807) is 0 Å². The monoisotopic (exact) mass is 768 g/mol. The second kappa shape index (κ2) is 13.6. The summed E-state index contributed by atoms with van der Waals surface area (Å²) in [6, 6.07) is 80.0. The third-order valence-corrected chi connectivity index (χ3v) is 13.1. The molecule has 0 saturated heterocycles. The standard InChI is InChI=1S/C56H36N2S/c1-4-16-37(17-5-1)41-34-42(38-18-6-2-7-19-38)36-44(35-41)58-50-27-14-26-49(53(50)47-32-30-39-20-10-12-24-45(39)55(47)58)57(43-22-8-3-9-23-43)51-28-15-29-52-54(51)48-33-31-40-21-11-13-25-46(40)56(48)59-52/h1-36H. The molecule has 0 aliphatic rings. The molecule has 0 atom stereocenters. The Morgan fingerprint density at radius 1 is 0.373 bits per heavy atom. The van der Waals surface area contributed by atoms with Gasteiger partial charge in [-0.25, -0.2) is 0 Å². The van der Waals surface area contributed by atoms with Gasteiger partial charge < -0.3 is 9.47 Å². The van der Waals surface area contributed by atoms with E-state index in [1.807, 2.05) is 11.3 Å². The first kappa shape index (κ1) is 33.7. The van der Waals surface area contributed by atoms with Gasteiger partial charge in [0.25, 0.3) is 0 Å². The highest BCUT2D eigenvalue weighted by molar-refractivity contribution is 7.26. The maximum atomic E-state index is 2.52.